The average molecular weight is 631 g/mol. The molecule has 3 heterocycles. The van der Waals surface area contributed by atoms with Crippen LogP contribution in [0.4, 0.5) is 20.2 Å². The van der Waals surface area contributed by atoms with Crippen LogP contribution < -0.4 is 20.7 Å². The van der Waals surface area contributed by atoms with Gasteiger partial charge in [-0.3, -0.25) is 19.6 Å². The van der Waals surface area contributed by atoms with Crippen molar-refractivity contribution in [3.05, 3.63) is 96.3 Å². The average Bonchev–Trinajstić information content (AvgIpc) is 3.75. The van der Waals surface area contributed by atoms with Crippen LogP contribution in [0.2, 0.25) is 0 Å². The number of ether oxygens (including phenoxy) is 2. The van der Waals surface area contributed by atoms with Crippen LogP contribution >= 0.6 is 11.3 Å². The van der Waals surface area contributed by atoms with E-state index in [1.807, 2.05) is 6.07 Å². The molecule has 3 aromatic heterocycles. The molecule has 6 rings (SSSR count). The van der Waals surface area contributed by atoms with E-state index in [0.717, 1.165) is 16.5 Å². The van der Waals surface area contributed by atoms with Gasteiger partial charge in [0, 0.05) is 56.1 Å². The fraction of sp³-hybridized carbons (Fsp3) is 0.212. The minimum absolute atomic E-state index is 0.0625. The molecule has 3 N–H and O–H groups in total. The van der Waals surface area contributed by atoms with E-state index >= 15 is 4.39 Å². The fourth-order valence-corrected chi connectivity index (χ4v) is 5.66. The number of anilines is 2. The first-order valence-corrected chi connectivity index (χ1v) is 15.0. The van der Waals surface area contributed by atoms with Crippen LogP contribution in [0, 0.1) is 17.0 Å². The number of hydrogen-bond donors (Lipinski definition) is 3. The molecular formula is C33H29F2N5O4S. The van der Waals surface area contributed by atoms with Gasteiger partial charge < -0.3 is 25.4 Å². The number of pyridine rings is 2. The van der Waals surface area contributed by atoms with Gasteiger partial charge in [-0.25, -0.2) is 8.78 Å². The lowest BCUT2D eigenvalue weighted by atomic mass is 10.0. The number of fused-ring (bicyclic) bond motifs is 1. The zero-order chi connectivity index (χ0) is 32.3. The maximum absolute atomic E-state index is 15.2. The van der Waals surface area contributed by atoms with Crippen molar-refractivity contribution in [1.82, 2.24) is 15.3 Å². The van der Waals surface area contributed by atoms with Gasteiger partial charge in [-0.1, -0.05) is 6.04 Å². The minimum Gasteiger partial charge on any atom is -0.453 e. The molecule has 0 atom stereocenters. The molecule has 0 radical (unpaired) electrons. The number of aromatic nitrogens is 2. The second kappa shape index (κ2) is 13.1. The third kappa shape index (κ3) is 6.83. The standard InChI is InChI=1S/C33H29F2N5O4S/c1-43-15-14-36-18-20-2-8-25(38-19-20)29-17-26-30(45-29)28(10-13-37-26)44-27-9-7-23(16-24(27)35)40-32(42)33(11-12-33)31(41)39-22-5-3-21(34)4-6-22/h2-10,13,16-17,19,36H,11-12,14-15,18H2,1H3,(H,39,41)(H,40,42)/i2D. The van der Waals surface area contributed by atoms with E-state index in [1.165, 1.54) is 47.7 Å². The summed E-state index contributed by atoms with van der Waals surface area (Å²) in [6.45, 7) is 1.74. The molecule has 0 saturated heterocycles. The van der Waals surface area contributed by atoms with Crippen molar-refractivity contribution in [3.8, 4) is 22.1 Å². The van der Waals surface area contributed by atoms with Gasteiger partial charge in [0.1, 0.15) is 17.0 Å². The topological polar surface area (TPSA) is 114 Å². The maximum Gasteiger partial charge on any atom is 0.240 e. The molecule has 2 amide bonds. The van der Waals surface area contributed by atoms with Crippen molar-refractivity contribution in [3.63, 3.8) is 0 Å². The SMILES string of the molecule is [2H]c1cc(-c2cc3nccc(Oc4ccc(NC(=O)C5(C(=O)Nc6ccc(F)cc6)CC5)cc4F)c3s2)ncc1CNCCOC. The summed E-state index contributed by atoms with van der Waals surface area (Å²) >= 11 is 1.36. The lowest BCUT2D eigenvalue weighted by Gasteiger charge is -2.16. The number of hydrogen-bond acceptors (Lipinski definition) is 8. The highest BCUT2D eigenvalue weighted by Gasteiger charge is 2.56. The first-order valence-electron chi connectivity index (χ1n) is 14.7. The molecule has 0 spiro atoms. The van der Waals surface area contributed by atoms with E-state index in [0.29, 0.717) is 65.9 Å². The van der Waals surface area contributed by atoms with Gasteiger partial charge in [0.15, 0.2) is 11.6 Å². The summed E-state index contributed by atoms with van der Waals surface area (Å²) in [4.78, 5) is 35.6. The van der Waals surface area contributed by atoms with Gasteiger partial charge in [-0.15, -0.1) is 11.3 Å². The van der Waals surface area contributed by atoms with Crippen LogP contribution in [0.3, 0.4) is 0 Å². The van der Waals surface area contributed by atoms with Gasteiger partial charge in [-0.2, -0.15) is 0 Å². The van der Waals surface area contributed by atoms with Crippen LogP contribution in [0.5, 0.6) is 11.5 Å². The lowest BCUT2D eigenvalue weighted by Crippen LogP contribution is -2.35. The van der Waals surface area contributed by atoms with E-state index in [9.17, 15) is 14.0 Å². The summed E-state index contributed by atoms with van der Waals surface area (Å²) in [6, 6.07) is 14.8. The molecule has 1 aliphatic rings. The number of carbonyl (C=O) groups excluding carboxylic acids is 2. The molecule has 5 aromatic rings. The van der Waals surface area contributed by atoms with Crippen molar-refractivity contribution < 1.29 is 29.2 Å². The number of amides is 2. The number of benzene rings is 2. The highest BCUT2D eigenvalue weighted by molar-refractivity contribution is 7.22. The number of halogens is 2. The number of carbonyl (C=O) groups is 2. The number of nitrogens with one attached hydrogen (secondary N) is 3. The summed E-state index contributed by atoms with van der Waals surface area (Å²) in [7, 11) is 1.63. The first-order chi connectivity index (χ1) is 22.3. The second-order valence-electron chi connectivity index (χ2n) is 10.5. The van der Waals surface area contributed by atoms with Gasteiger partial charge >= 0.3 is 0 Å². The third-order valence-corrected chi connectivity index (χ3v) is 8.47. The van der Waals surface area contributed by atoms with Crippen LogP contribution in [-0.2, 0) is 20.9 Å². The van der Waals surface area contributed by atoms with E-state index in [2.05, 4.69) is 25.9 Å². The van der Waals surface area contributed by atoms with Crippen molar-refractivity contribution in [2.75, 3.05) is 30.9 Å². The number of methoxy groups -OCH3 is 1. The Morgan fingerprint density at radius 2 is 1.73 bits per heavy atom. The zero-order valence-corrected chi connectivity index (χ0v) is 25.0. The Balaban J connectivity index is 1.13. The van der Waals surface area contributed by atoms with Crippen molar-refractivity contribution in [2.24, 2.45) is 5.41 Å². The summed E-state index contributed by atoms with van der Waals surface area (Å²) < 4.78 is 48.5. The smallest absolute Gasteiger partial charge is 0.240 e. The molecule has 1 saturated carbocycles. The quantitative estimate of drug-likeness (QED) is 0.106. The normalized spacial score (nSPS) is 13.7. The Morgan fingerprint density at radius 3 is 2.44 bits per heavy atom. The second-order valence-corrected chi connectivity index (χ2v) is 11.6. The summed E-state index contributed by atoms with van der Waals surface area (Å²) in [5.74, 6) is -1.89. The van der Waals surface area contributed by atoms with Crippen LogP contribution in [0.25, 0.3) is 20.8 Å². The Labute approximate surface area is 263 Å². The van der Waals surface area contributed by atoms with E-state index in [4.69, 9.17) is 10.8 Å². The molecule has 45 heavy (non-hydrogen) atoms. The summed E-state index contributed by atoms with van der Waals surface area (Å²) in [5, 5.41) is 8.49. The number of thiophene rings is 1. The predicted octanol–water partition coefficient (Wildman–Crippen LogP) is 6.52. The third-order valence-electron chi connectivity index (χ3n) is 7.31. The van der Waals surface area contributed by atoms with Gasteiger partial charge in [0.05, 0.1) is 28.8 Å². The molecule has 12 heteroatoms. The molecule has 1 aliphatic carbocycles. The number of nitrogens with zero attached hydrogens (tertiary/aromatic N) is 2. The largest absolute Gasteiger partial charge is 0.453 e. The predicted molar refractivity (Wildman–Crippen MR) is 168 cm³/mol. The van der Waals surface area contributed by atoms with Gasteiger partial charge in [0.2, 0.25) is 11.8 Å². The number of rotatable bonds is 12. The molecule has 0 unspecified atom stereocenters. The van der Waals surface area contributed by atoms with E-state index in [-0.39, 0.29) is 11.4 Å². The van der Waals surface area contributed by atoms with Crippen molar-refractivity contribution in [1.29, 1.82) is 0 Å². The van der Waals surface area contributed by atoms with Crippen molar-refractivity contribution in [2.45, 2.75) is 19.4 Å². The highest BCUT2D eigenvalue weighted by atomic mass is 32.1. The fourth-order valence-electron chi connectivity index (χ4n) is 4.63. The monoisotopic (exact) mass is 630 g/mol. The Bertz CT molecular complexity index is 1920. The molecular weight excluding hydrogens is 600 g/mol. The van der Waals surface area contributed by atoms with Crippen LogP contribution in [0.15, 0.2) is 79.1 Å². The molecule has 1 fully saturated rings. The molecule has 9 nitrogen and oxygen atoms in total. The summed E-state index contributed by atoms with van der Waals surface area (Å²) in [5.41, 5.74) is 1.27. The van der Waals surface area contributed by atoms with Gasteiger partial charge in [-0.05, 0) is 66.9 Å². The highest BCUT2D eigenvalue weighted by Crippen LogP contribution is 2.48. The Morgan fingerprint density at radius 1 is 0.978 bits per heavy atom. The van der Waals surface area contributed by atoms with E-state index < -0.39 is 28.9 Å². The van der Waals surface area contributed by atoms with Crippen LogP contribution in [-0.4, -0.2) is 42.0 Å². The Kier molecular flexibility index (Phi) is 8.41. The maximum atomic E-state index is 15.2. The lowest BCUT2D eigenvalue weighted by molar-refractivity contribution is -0.131. The van der Waals surface area contributed by atoms with E-state index in [1.54, 1.807) is 31.6 Å². The van der Waals surface area contributed by atoms with Crippen LogP contribution in [0.1, 0.15) is 19.8 Å². The van der Waals surface area contributed by atoms with Gasteiger partial charge in [0.25, 0.3) is 0 Å². The minimum atomic E-state index is -1.28. The Hall–Kier alpha value is -4.78. The molecule has 230 valence electrons. The molecule has 0 bridgehead atoms. The summed E-state index contributed by atoms with van der Waals surface area (Å²) in [6.07, 6.45) is 3.91. The molecule has 0 aliphatic heterocycles. The first kappa shape index (κ1) is 29.0. The molecule has 2 aromatic carbocycles. The van der Waals surface area contributed by atoms with Crippen molar-refractivity contribution >= 4 is 44.7 Å². The zero-order valence-electron chi connectivity index (χ0n) is 25.2.